The van der Waals surface area contributed by atoms with Gasteiger partial charge in [0.25, 0.3) is 0 Å². The first-order valence-electron chi connectivity index (χ1n) is 7.39. The molecule has 104 valence electrons. The summed E-state index contributed by atoms with van der Waals surface area (Å²) in [6, 6.07) is 0. The summed E-state index contributed by atoms with van der Waals surface area (Å²) in [6.07, 6.45) is 8.29. The predicted molar refractivity (Wildman–Crippen MR) is 78.1 cm³/mol. The third-order valence-corrected chi connectivity index (χ3v) is 3.46. The van der Waals surface area contributed by atoms with Gasteiger partial charge in [-0.2, -0.15) is 0 Å². The summed E-state index contributed by atoms with van der Waals surface area (Å²) in [4.78, 5) is 0. The summed E-state index contributed by atoms with van der Waals surface area (Å²) in [5, 5.41) is 0. The van der Waals surface area contributed by atoms with E-state index in [2.05, 4.69) is 42.2 Å². The van der Waals surface area contributed by atoms with E-state index in [1.165, 1.54) is 62.6 Å². The van der Waals surface area contributed by atoms with Crippen LogP contribution in [0.2, 0.25) is 0 Å². The maximum atomic E-state index is 2.38. The van der Waals surface area contributed by atoms with Crippen LogP contribution in [0.15, 0.2) is 0 Å². The van der Waals surface area contributed by atoms with Crippen LogP contribution in [0.1, 0.15) is 45.4 Å². The Labute approximate surface area is 110 Å². The number of rotatable bonds is 10. The van der Waals surface area contributed by atoms with Gasteiger partial charge in [0.2, 0.25) is 0 Å². The third-order valence-electron chi connectivity index (χ3n) is 3.46. The Morgan fingerprint density at radius 2 is 1.06 bits per heavy atom. The topological polar surface area (TPSA) is 0 Å². The minimum absolute atomic E-state index is 1.11. The van der Waals surface area contributed by atoms with Crippen molar-refractivity contribution < 1.29 is 8.97 Å². The molecule has 0 heterocycles. The van der Waals surface area contributed by atoms with E-state index in [4.69, 9.17) is 0 Å². The highest BCUT2D eigenvalue weighted by atomic mass is 15.3. The Kier molecular flexibility index (Phi) is 8.06. The maximum absolute atomic E-state index is 2.38. The third kappa shape index (κ3) is 12.2. The molecule has 0 unspecified atom stereocenters. The van der Waals surface area contributed by atoms with Crippen LogP contribution in [0.25, 0.3) is 0 Å². The smallest absolute Gasteiger partial charge is 0.0782 e. The molecule has 0 atom stereocenters. The molecule has 17 heavy (non-hydrogen) atoms. The van der Waals surface area contributed by atoms with Gasteiger partial charge in [-0.05, 0) is 32.1 Å². The lowest BCUT2D eigenvalue weighted by molar-refractivity contribution is -0.890. The summed E-state index contributed by atoms with van der Waals surface area (Å²) < 4.78 is 2.32. The standard InChI is InChI=1S/C15H36N2/c1-7-8-14-17(5,6)15-12-10-9-11-13-16(2,3)4/h7-15H2,1-6H3/q+2. The molecule has 0 aliphatic carbocycles. The highest BCUT2D eigenvalue weighted by molar-refractivity contribution is 4.44. The molecule has 0 aliphatic rings. The average Bonchev–Trinajstić information content (AvgIpc) is 2.19. The molecule has 0 aromatic rings. The minimum Gasteiger partial charge on any atom is -0.331 e. The van der Waals surface area contributed by atoms with Gasteiger partial charge in [0.05, 0.1) is 54.9 Å². The van der Waals surface area contributed by atoms with E-state index in [-0.39, 0.29) is 0 Å². The first-order valence-corrected chi connectivity index (χ1v) is 7.39. The highest BCUT2D eigenvalue weighted by Crippen LogP contribution is 2.08. The molecule has 0 saturated carbocycles. The molecule has 0 amide bonds. The summed E-state index contributed by atoms with van der Waals surface area (Å²) in [7, 11) is 11.6. The molecule has 0 rings (SSSR count). The normalized spacial score (nSPS) is 13.1. The Morgan fingerprint density at radius 1 is 0.588 bits per heavy atom. The van der Waals surface area contributed by atoms with Gasteiger partial charge in [-0.15, -0.1) is 0 Å². The molecule has 0 saturated heterocycles. The van der Waals surface area contributed by atoms with E-state index in [1.807, 2.05) is 0 Å². The van der Waals surface area contributed by atoms with Crippen LogP contribution in [-0.4, -0.2) is 63.8 Å². The molecule has 0 radical (unpaired) electrons. The molecule has 0 N–H and O–H groups in total. The van der Waals surface area contributed by atoms with Crippen LogP contribution in [0.4, 0.5) is 0 Å². The largest absolute Gasteiger partial charge is 0.331 e. The molecule has 0 fully saturated rings. The molecule has 0 spiro atoms. The van der Waals surface area contributed by atoms with Gasteiger partial charge in [-0.25, -0.2) is 0 Å². The predicted octanol–water partition coefficient (Wildman–Crippen LogP) is 3.13. The maximum Gasteiger partial charge on any atom is 0.0782 e. The zero-order chi connectivity index (χ0) is 13.4. The molecule has 2 nitrogen and oxygen atoms in total. The van der Waals surface area contributed by atoms with Crippen molar-refractivity contribution in [1.82, 2.24) is 0 Å². The molecule has 0 aromatic carbocycles. The second-order valence-corrected chi connectivity index (χ2v) is 7.16. The van der Waals surface area contributed by atoms with E-state index < -0.39 is 0 Å². The fourth-order valence-electron chi connectivity index (χ4n) is 2.18. The fraction of sp³-hybridized carbons (Fsp3) is 1.00. The van der Waals surface area contributed by atoms with Crippen molar-refractivity contribution in [3.05, 3.63) is 0 Å². The number of hydrogen-bond donors (Lipinski definition) is 0. The molecular formula is C15H36N2+2. The Bertz CT molecular complexity index is 180. The van der Waals surface area contributed by atoms with Crippen molar-refractivity contribution in [2.75, 3.05) is 54.9 Å². The van der Waals surface area contributed by atoms with E-state index >= 15 is 0 Å². The molecular weight excluding hydrogens is 208 g/mol. The molecule has 0 bridgehead atoms. The van der Waals surface area contributed by atoms with E-state index in [0.29, 0.717) is 0 Å². The summed E-state index contributed by atoms with van der Waals surface area (Å²) in [6.45, 7) is 6.29. The second-order valence-electron chi connectivity index (χ2n) is 7.16. The van der Waals surface area contributed by atoms with Gasteiger partial charge in [0.15, 0.2) is 0 Å². The van der Waals surface area contributed by atoms with Crippen molar-refractivity contribution in [3.8, 4) is 0 Å². The van der Waals surface area contributed by atoms with E-state index in [0.717, 1.165) is 4.48 Å². The fourth-order valence-corrected chi connectivity index (χ4v) is 2.18. The first kappa shape index (κ1) is 16.9. The van der Waals surface area contributed by atoms with Crippen molar-refractivity contribution in [2.45, 2.75) is 45.4 Å². The van der Waals surface area contributed by atoms with E-state index in [1.54, 1.807) is 0 Å². The van der Waals surface area contributed by atoms with Crippen LogP contribution >= 0.6 is 0 Å². The van der Waals surface area contributed by atoms with Crippen LogP contribution < -0.4 is 0 Å². The van der Waals surface area contributed by atoms with Gasteiger partial charge in [0.1, 0.15) is 0 Å². The Morgan fingerprint density at radius 3 is 1.53 bits per heavy atom. The van der Waals surface area contributed by atoms with Gasteiger partial charge in [-0.3, -0.25) is 0 Å². The van der Waals surface area contributed by atoms with Crippen molar-refractivity contribution in [3.63, 3.8) is 0 Å². The van der Waals surface area contributed by atoms with Gasteiger partial charge < -0.3 is 8.97 Å². The number of nitrogens with zero attached hydrogens (tertiary/aromatic N) is 2. The van der Waals surface area contributed by atoms with Gasteiger partial charge >= 0.3 is 0 Å². The van der Waals surface area contributed by atoms with E-state index in [9.17, 15) is 0 Å². The van der Waals surface area contributed by atoms with Crippen LogP contribution in [-0.2, 0) is 0 Å². The van der Waals surface area contributed by atoms with Crippen LogP contribution in [0, 0.1) is 0 Å². The number of hydrogen-bond acceptors (Lipinski definition) is 0. The monoisotopic (exact) mass is 244 g/mol. The zero-order valence-corrected chi connectivity index (χ0v) is 13.3. The molecule has 2 heteroatoms. The van der Waals surface area contributed by atoms with Crippen LogP contribution in [0.5, 0.6) is 0 Å². The quantitative estimate of drug-likeness (QED) is 0.409. The lowest BCUT2D eigenvalue weighted by Crippen LogP contribution is -2.41. The average molecular weight is 244 g/mol. The lowest BCUT2D eigenvalue weighted by Gasteiger charge is -2.29. The van der Waals surface area contributed by atoms with Crippen LogP contribution in [0.3, 0.4) is 0 Å². The summed E-state index contributed by atoms with van der Waals surface area (Å²) in [5.74, 6) is 0. The second kappa shape index (κ2) is 8.10. The summed E-state index contributed by atoms with van der Waals surface area (Å²) in [5.41, 5.74) is 0. The highest BCUT2D eigenvalue weighted by Gasteiger charge is 2.13. The summed E-state index contributed by atoms with van der Waals surface area (Å²) >= 11 is 0. The first-order chi connectivity index (χ1) is 7.77. The molecule has 0 aliphatic heterocycles. The van der Waals surface area contributed by atoms with Crippen molar-refractivity contribution >= 4 is 0 Å². The minimum atomic E-state index is 1.11. The van der Waals surface area contributed by atoms with Crippen molar-refractivity contribution in [1.29, 1.82) is 0 Å². The molecule has 0 aromatic heterocycles. The Balaban J connectivity index is 3.44. The SMILES string of the molecule is CCCC[N+](C)(C)CCCCCC[N+](C)(C)C. The lowest BCUT2D eigenvalue weighted by atomic mass is 10.1. The van der Waals surface area contributed by atoms with Gasteiger partial charge in [-0.1, -0.05) is 13.3 Å². The van der Waals surface area contributed by atoms with Crippen molar-refractivity contribution in [2.24, 2.45) is 0 Å². The number of quaternary nitrogens is 2. The Hall–Kier alpha value is -0.0800. The zero-order valence-electron chi connectivity index (χ0n) is 13.3. The van der Waals surface area contributed by atoms with Gasteiger partial charge in [0, 0.05) is 0 Å². The number of unbranched alkanes of at least 4 members (excludes halogenated alkanes) is 4.